The van der Waals surface area contributed by atoms with Crippen LogP contribution in [-0.2, 0) is 16.0 Å². The molecule has 1 saturated heterocycles. The minimum atomic E-state index is -0.774. The summed E-state index contributed by atoms with van der Waals surface area (Å²) >= 11 is 0. The largest absolute Gasteiger partial charge is 0.481 e. The number of hydrogen-bond donors (Lipinski definition) is 1. The van der Waals surface area contributed by atoms with E-state index in [1.54, 1.807) is 4.90 Å². The van der Waals surface area contributed by atoms with Crippen molar-refractivity contribution in [3.63, 3.8) is 0 Å². The third kappa shape index (κ3) is 4.09. The van der Waals surface area contributed by atoms with Gasteiger partial charge in [-0.25, -0.2) is 0 Å². The number of carboxylic acids is 1. The normalized spacial score (nSPS) is 18.5. The van der Waals surface area contributed by atoms with Crippen molar-refractivity contribution in [2.75, 3.05) is 13.1 Å². The van der Waals surface area contributed by atoms with Crippen molar-refractivity contribution >= 4 is 11.9 Å². The molecule has 0 aliphatic carbocycles. The van der Waals surface area contributed by atoms with Gasteiger partial charge in [0.25, 0.3) is 0 Å². The highest BCUT2D eigenvalue weighted by atomic mass is 16.4. The standard InChI is InChI=1S/C15H19NO3/c17-14(7-6-12-4-2-1-3-5-12)16-9-8-13(11-16)10-15(18)19/h1-5,13H,6-11H2,(H,18,19). The number of rotatable bonds is 5. The van der Waals surface area contributed by atoms with Crippen molar-refractivity contribution in [1.82, 2.24) is 4.90 Å². The molecule has 0 bridgehead atoms. The molecule has 1 aromatic rings. The Balaban J connectivity index is 1.77. The van der Waals surface area contributed by atoms with Crippen LogP contribution < -0.4 is 0 Å². The zero-order valence-electron chi connectivity index (χ0n) is 10.9. The SMILES string of the molecule is O=C(O)CC1CCN(C(=O)CCc2ccccc2)C1. The molecular weight excluding hydrogens is 242 g/mol. The number of carbonyl (C=O) groups is 2. The predicted octanol–water partition coefficient (Wildman–Crippen LogP) is 1.94. The van der Waals surface area contributed by atoms with E-state index in [-0.39, 0.29) is 18.2 Å². The van der Waals surface area contributed by atoms with E-state index in [0.29, 0.717) is 19.5 Å². The maximum atomic E-state index is 12.0. The van der Waals surface area contributed by atoms with Crippen LogP contribution in [0.5, 0.6) is 0 Å². The Morgan fingerprint density at radius 3 is 2.68 bits per heavy atom. The lowest BCUT2D eigenvalue weighted by molar-refractivity contribution is -0.138. The summed E-state index contributed by atoms with van der Waals surface area (Å²) in [6, 6.07) is 9.94. The second-order valence-corrected chi connectivity index (χ2v) is 5.08. The highest BCUT2D eigenvalue weighted by molar-refractivity contribution is 5.77. The molecule has 1 aliphatic rings. The summed E-state index contributed by atoms with van der Waals surface area (Å²) in [6.45, 7) is 1.30. The van der Waals surface area contributed by atoms with Crippen molar-refractivity contribution < 1.29 is 14.7 Å². The second-order valence-electron chi connectivity index (χ2n) is 5.08. The van der Waals surface area contributed by atoms with Crippen LogP contribution in [0, 0.1) is 5.92 Å². The van der Waals surface area contributed by atoms with Gasteiger partial charge in [0, 0.05) is 25.9 Å². The summed E-state index contributed by atoms with van der Waals surface area (Å²) in [6.07, 6.45) is 2.23. The Bertz CT molecular complexity index is 444. The maximum Gasteiger partial charge on any atom is 0.303 e. The lowest BCUT2D eigenvalue weighted by atomic mass is 10.1. The average Bonchev–Trinajstić information content (AvgIpc) is 2.85. The first kappa shape index (κ1) is 13.6. The molecule has 19 heavy (non-hydrogen) atoms. The fraction of sp³-hybridized carbons (Fsp3) is 0.467. The molecule has 0 spiro atoms. The minimum Gasteiger partial charge on any atom is -0.481 e. The maximum absolute atomic E-state index is 12.0. The second kappa shape index (κ2) is 6.36. The summed E-state index contributed by atoms with van der Waals surface area (Å²) in [4.78, 5) is 24.5. The summed E-state index contributed by atoms with van der Waals surface area (Å²) in [5.41, 5.74) is 1.16. The quantitative estimate of drug-likeness (QED) is 0.881. The van der Waals surface area contributed by atoms with E-state index in [9.17, 15) is 9.59 Å². The van der Waals surface area contributed by atoms with Crippen LogP contribution in [0.15, 0.2) is 30.3 Å². The number of carbonyl (C=O) groups excluding carboxylic acids is 1. The summed E-state index contributed by atoms with van der Waals surface area (Å²) < 4.78 is 0. The Labute approximate surface area is 113 Å². The van der Waals surface area contributed by atoms with Gasteiger partial charge in [0.05, 0.1) is 0 Å². The molecule has 2 rings (SSSR count). The van der Waals surface area contributed by atoms with Crippen molar-refractivity contribution in [1.29, 1.82) is 0 Å². The highest BCUT2D eigenvalue weighted by Crippen LogP contribution is 2.20. The van der Waals surface area contributed by atoms with E-state index < -0.39 is 5.97 Å². The molecule has 4 heteroatoms. The van der Waals surface area contributed by atoms with Crippen molar-refractivity contribution in [3.8, 4) is 0 Å². The van der Waals surface area contributed by atoms with Gasteiger partial charge in [-0.05, 0) is 24.3 Å². The van der Waals surface area contributed by atoms with E-state index in [1.165, 1.54) is 0 Å². The van der Waals surface area contributed by atoms with E-state index in [0.717, 1.165) is 18.4 Å². The number of hydrogen-bond acceptors (Lipinski definition) is 2. The molecule has 0 radical (unpaired) electrons. The molecule has 1 aromatic carbocycles. The van der Waals surface area contributed by atoms with Gasteiger partial charge in [-0.15, -0.1) is 0 Å². The van der Waals surface area contributed by atoms with Crippen LogP contribution in [-0.4, -0.2) is 35.0 Å². The van der Waals surface area contributed by atoms with Gasteiger partial charge in [0.15, 0.2) is 0 Å². The zero-order valence-corrected chi connectivity index (χ0v) is 10.9. The number of aliphatic carboxylic acids is 1. The molecule has 0 aromatic heterocycles. The molecule has 4 nitrogen and oxygen atoms in total. The average molecular weight is 261 g/mol. The summed E-state index contributed by atoms with van der Waals surface area (Å²) in [5.74, 6) is -0.515. The number of amides is 1. The Kier molecular flexibility index (Phi) is 4.55. The van der Waals surface area contributed by atoms with E-state index >= 15 is 0 Å². The first-order valence-corrected chi connectivity index (χ1v) is 6.68. The third-order valence-electron chi connectivity index (χ3n) is 3.57. The van der Waals surface area contributed by atoms with Gasteiger partial charge in [0.1, 0.15) is 0 Å². The number of benzene rings is 1. The molecule has 1 aliphatic heterocycles. The molecule has 1 atom stereocenters. The lowest BCUT2D eigenvalue weighted by Gasteiger charge is -2.16. The first-order valence-electron chi connectivity index (χ1n) is 6.68. The van der Waals surface area contributed by atoms with Crippen LogP contribution in [0.1, 0.15) is 24.8 Å². The van der Waals surface area contributed by atoms with Crippen LogP contribution in [0.2, 0.25) is 0 Å². The Morgan fingerprint density at radius 1 is 1.26 bits per heavy atom. The molecule has 1 unspecified atom stereocenters. The van der Waals surface area contributed by atoms with Gasteiger partial charge in [-0.2, -0.15) is 0 Å². The topological polar surface area (TPSA) is 57.6 Å². The van der Waals surface area contributed by atoms with Crippen LogP contribution in [0.3, 0.4) is 0 Å². The Hall–Kier alpha value is -1.84. The van der Waals surface area contributed by atoms with Crippen LogP contribution >= 0.6 is 0 Å². The minimum absolute atomic E-state index is 0.123. The number of aryl methyl sites for hydroxylation is 1. The van der Waals surface area contributed by atoms with Crippen molar-refractivity contribution in [2.24, 2.45) is 5.92 Å². The molecule has 1 heterocycles. The lowest BCUT2D eigenvalue weighted by Crippen LogP contribution is -2.29. The molecule has 1 N–H and O–H groups in total. The van der Waals surface area contributed by atoms with Gasteiger partial charge in [0.2, 0.25) is 5.91 Å². The fourth-order valence-electron chi connectivity index (χ4n) is 2.53. The fourth-order valence-corrected chi connectivity index (χ4v) is 2.53. The van der Waals surface area contributed by atoms with Crippen LogP contribution in [0.4, 0.5) is 0 Å². The number of likely N-dealkylation sites (tertiary alicyclic amines) is 1. The predicted molar refractivity (Wildman–Crippen MR) is 71.7 cm³/mol. The first-order chi connectivity index (χ1) is 9.15. The van der Waals surface area contributed by atoms with Gasteiger partial charge < -0.3 is 10.0 Å². The number of carboxylic acid groups (broad SMARTS) is 1. The monoisotopic (exact) mass is 261 g/mol. The molecule has 1 fully saturated rings. The van der Waals surface area contributed by atoms with Crippen LogP contribution in [0.25, 0.3) is 0 Å². The van der Waals surface area contributed by atoms with E-state index in [1.807, 2.05) is 30.3 Å². The third-order valence-corrected chi connectivity index (χ3v) is 3.57. The van der Waals surface area contributed by atoms with Crippen molar-refractivity contribution in [3.05, 3.63) is 35.9 Å². The highest BCUT2D eigenvalue weighted by Gasteiger charge is 2.27. The van der Waals surface area contributed by atoms with Gasteiger partial charge in [-0.1, -0.05) is 30.3 Å². The zero-order chi connectivity index (χ0) is 13.7. The summed E-state index contributed by atoms with van der Waals surface area (Å²) in [5, 5.41) is 8.75. The molecule has 0 saturated carbocycles. The Morgan fingerprint density at radius 2 is 2.00 bits per heavy atom. The summed E-state index contributed by atoms with van der Waals surface area (Å²) in [7, 11) is 0. The molecule has 102 valence electrons. The van der Waals surface area contributed by atoms with Gasteiger partial charge in [-0.3, -0.25) is 9.59 Å². The van der Waals surface area contributed by atoms with Crippen molar-refractivity contribution in [2.45, 2.75) is 25.7 Å². The van der Waals surface area contributed by atoms with E-state index in [4.69, 9.17) is 5.11 Å². The molecule has 1 amide bonds. The molecular formula is C15H19NO3. The smallest absolute Gasteiger partial charge is 0.303 e. The van der Waals surface area contributed by atoms with E-state index in [2.05, 4.69) is 0 Å². The van der Waals surface area contributed by atoms with Gasteiger partial charge >= 0.3 is 5.97 Å². The number of nitrogens with zero attached hydrogens (tertiary/aromatic N) is 1.